The quantitative estimate of drug-likeness (QED) is 0.432. The van der Waals surface area contributed by atoms with Gasteiger partial charge in [-0.15, -0.1) is 0 Å². The highest BCUT2D eigenvalue weighted by Crippen LogP contribution is 2.27. The Morgan fingerprint density at radius 2 is 2.22 bits per heavy atom. The van der Waals surface area contributed by atoms with Crippen molar-refractivity contribution in [2.75, 3.05) is 11.9 Å². The monoisotopic (exact) mass is 315 g/mol. The first-order valence-corrected chi connectivity index (χ1v) is 7.15. The summed E-state index contributed by atoms with van der Waals surface area (Å²) in [5, 5.41) is 11.7. The van der Waals surface area contributed by atoms with Crippen LogP contribution < -0.4 is 4.74 Å². The number of nitro groups is 1. The maximum absolute atomic E-state index is 10.8. The molecule has 1 rings (SSSR count). The standard InChI is InChI=1S/C13H18BrNO3/c1-3-5-11(8-14)9-18-13-7-4-6-12(10(13)2)15(16)17/h4,6-7,11H,3,5,8-9H2,1-2H3. The zero-order valence-electron chi connectivity index (χ0n) is 10.7. The van der Waals surface area contributed by atoms with Crippen molar-refractivity contribution >= 4 is 21.6 Å². The molecule has 18 heavy (non-hydrogen) atoms. The van der Waals surface area contributed by atoms with E-state index < -0.39 is 0 Å². The minimum absolute atomic E-state index is 0.110. The summed E-state index contributed by atoms with van der Waals surface area (Å²) in [6.07, 6.45) is 2.19. The third-order valence-electron chi connectivity index (χ3n) is 2.84. The van der Waals surface area contributed by atoms with E-state index in [9.17, 15) is 10.1 Å². The Balaban J connectivity index is 2.73. The van der Waals surface area contributed by atoms with Crippen LogP contribution >= 0.6 is 15.9 Å². The molecular formula is C13H18BrNO3. The summed E-state index contributed by atoms with van der Waals surface area (Å²) < 4.78 is 5.70. The molecule has 0 aliphatic carbocycles. The number of benzene rings is 1. The molecule has 0 radical (unpaired) electrons. The second-order valence-electron chi connectivity index (χ2n) is 4.28. The van der Waals surface area contributed by atoms with Crippen LogP contribution in [0.3, 0.4) is 0 Å². The van der Waals surface area contributed by atoms with E-state index >= 15 is 0 Å². The topological polar surface area (TPSA) is 52.4 Å². The average molecular weight is 316 g/mol. The second-order valence-corrected chi connectivity index (χ2v) is 4.92. The van der Waals surface area contributed by atoms with Gasteiger partial charge in [0.15, 0.2) is 0 Å². The van der Waals surface area contributed by atoms with Gasteiger partial charge in [0.1, 0.15) is 5.75 Å². The fraction of sp³-hybridized carbons (Fsp3) is 0.538. The molecule has 0 aliphatic heterocycles. The lowest BCUT2D eigenvalue weighted by Crippen LogP contribution is -2.13. The van der Waals surface area contributed by atoms with Gasteiger partial charge in [-0.25, -0.2) is 0 Å². The van der Waals surface area contributed by atoms with Gasteiger partial charge in [0, 0.05) is 17.3 Å². The van der Waals surface area contributed by atoms with Gasteiger partial charge >= 0.3 is 0 Å². The summed E-state index contributed by atoms with van der Waals surface area (Å²) in [6, 6.07) is 4.93. The largest absolute Gasteiger partial charge is 0.493 e. The summed E-state index contributed by atoms with van der Waals surface area (Å²) in [4.78, 5) is 10.4. The molecule has 0 amide bonds. The molecule has 0 fully saturated rings. The minimum Gasteiger partial charge on any atom is -0.493 e. The first-order chi connectivity index (χ1) is 8.60. The Kier molecular flexibility index (Phi) is 6.12. The minimum atomic E-state index is -0.379. The van der Waals surface area contributed by atoms with Crippen LogP contribution in [0.4, 0.5) is 5.69 Å². The zero-order chi connectivity index (χ0) is 13.5. The van der Waals surface area contributed by atoms with Crippen LogP contribution in [0.2, 0.25) is 0 Å². The molecule has 1 unspecified atom stereocenters. The van der Waals surface area contributed by atoms with Crippen LogP contribution in [0.25, 0.3) is 0 Å². The SMILES string of the molecule is CCCC(CBr)COc1cccc([N+](=O)[O-])c1C. The molecule has 1 aromatic rings. The summed E-state index contributed by atoms with van der Waals surface area (Å²) in [5.74, 6) is 1.04. The molecule has 0 aliphatic rings. The second kappa shape index (κ2) is 7.36. The van der Waals surface area contributed by atoms with E-state index in [2.05, 4.69) is 22.9 Å². The van der Waals surface area contributed by atoms with E-state index in [0.717, 1.165) is 18.2 Å². The lowest BCUT2D eigenvalue weighted by Gasteiger charge is -2.15. The summed E-state index contributed by atoms with van der Waals surface area (Å²) in [5.41, 5.74) is 0.700. The number of nitrogens with zero attached hydrogens (tertiary/aromatic N) is 1. The summed E-state index contributed by atoms with van der Waals surface area (Å²) in [7, 11) is 0. The molecule has 100 valence electrons. The normalized spacial score (nSPS) is 12.2. The van der Waals surface area contributed by atoms with E-state index in [1.165, 1.54) is 6.07 Å². The molecule has 0 aromatic heterocycles. The highest BCUT2D eigenvalue weighted by atomic mass is 79.9. The third kappa shape index (κ3) is 3.98. The Hall–Kier alpha value is -1.10. The van der Waals surface area contributed by atoms with Crippen molar-refractivity contribution in [2.45, 2.75) is 26.7 Å². The maximum Gasteiger partial charge on any atom is 0.276 e. The van der Waals surface area contributed by atoms with Gasteiger partial charge in [-0.05, 0) is 19.4 Å². The van der Waals surface area contributed by atoms with Gasteiger partial charge in [0.2, 0.25) is 0 Å². The van der Waals surface area contributed by atoms with Crippen LogP contribution in [0.1, 0.15) is 25.3 Å². The van der Waals surface area contributed by atoms with E-state index in [1.54, 1.807) is 19.1 Å². The van der Waals surface area contributed by atoms with Crippen molar-refractivity contribution in [3.05, 3.63) is 33.9 Å². The average Bonchev–Trinajstić information content (AvgIpc) is 2.35. The first kappa shape index (κ1) is 15.0. The fourth-order valence-electron chi connectivity index (χ4n) is 1.78. The Labute approximate surface area is 116 Å². The Morgan fingerprint density at radius 1 is 1.50 bits per heavy atom. The van der Waals surface area contributed by atoms with Gasteiger partial charge < -0.3 is 4.74 Å². The van der Waals surface area contributed by atoms with Gasteiger partial charge in [-0.2, -0.15) is 0 Å². The van der Waals surface area contributed by atoms with Crippen LogP contribution in [0, 0.1) is 23.0 Å². The van der Waals surface area contributed by atoms with Crippen LogP contribution in [-0.2, 0) is 0 Å². The number of alkyl halides is 1. The molecule has 1 aromatic carbocycles. The number of nitro benzene ring substituents is 1. The number of hydrogen-bond acceptors (Lipinski definition) is 3. The summed E-state index contributed by atoms with van der Waals surface area (Å²) >= 11 is 3.46. The smallest absolute Gasteiger partial charge is 0.276 e. The van der Waals surface area contributed by atoms with Crippen molar-refractivity contribution in [1.29, 1.82) is 0 Å². The maximum atomic E-state index is 10.8. The van der Waals surface area contributed by atoms with E-state index in [1.807, 2.05) is 0 Å². The predicted molar refractivity (Wildman–Crippen MR) is 75.5 cm³/mol. The molecule has 4 nitrogen and oxygen atoms in total. The van der Waals surface area contributed by atoms with E-state index in [4.69, 9.17) is 4.74 Å². The predicted octanol–water partition coefficient (Wildman–Crippen LogP) is 4.09. The first-order valence-electron chi connectivity index (χ1n) is 6.02. The molecule has 0 saturated heterocycles. The highest BCUT2D eigenvalue weighted by molar-refractivity contribution is 9.09. The molecule has 0 spiro atoms. The highest BCUT2D eigenvalue weighted by Gasteiger charge is 2.15. The van der Waals surface area contributed by atoms with Crippen molar-refractivity contribution in [3.63, 3.8) is 0 Å². The lowest BCUT2D eigenvalue weighted by atomic mass is 10.1. The van der Waals surface area contributed by atoms with Crippen molar-refractivity contribution in [1.82, 2.24) is 0 Å². The number of halogens is 1. The van der Waals surface area contributed by atoms with Gasteiger partial charge in [-0.1, -0.05) is 35.3 Å². The Bertz CT molecular complexity index is 409. The van der Waals surface area contributed by atoms with Crippen LogP contribution in [0.5, 0.6) is 5.75 Å². The number of hydrogen-bond donors (Lipinski definition) is 0. The van der Waals surface area contributed by atoms with Gasteiger partial charge in [-0.3, -0.25) is 10.1 Å². The molecule has 0 saturated carbocycles. The van der Waals surface area contributed by atoms with Crippen LogP contribution in [-0.4, -0.2) is 16.9 Å². The fourth-order valence-corrected chi connectivity index (χ4v) is 2.29. The Morgan fingerprint density at radius 3 is 2.78 bits per heavy atom. The molecule has 0 N–H and O–H groups in total. The van der Waals surface area contributed by atoms with Crippen molar-refractivity contribution in [2.24, 2.45) is 5.92 Å². The van der Waals surface area contributed by atoms with E-state index in [0.29, 0.717) is 23.8 Å². The summed E-state index contributed by atoms with van der Waals surface area (Å²) in [6.45, 7) is 4.44. The molecular weight excluding hydrogens is 298 g/mol. The van der Waals surface area contributed by atoms with Gasteiger partial charge in [0.25, 0.3) is 5.69 Å². The number of ether oxygens (including phenoxy) is 1. The van der Waals surface area contributed by atoms with Gasteiger partial charge in [0.05, 0.1) is 17.1 Å². The molecule has 1 atom stereocenters. The molecule has 0 bridgehead atoms. The third-order valence-corrected chi connectivity index (χ3v) is 3.76. The van der Waals surface area contributed by atoms with Crippen molar-refractivity contribution < 1.29 is 9.66 Å². The van der Waals surface area contributed by atoms with E-state index in [-0.39, 0.29) is 10.6 Å². The number of rotatable bonds is 7. The zero-order valence-corrected chi connectivity index (χ0v) is 12.3. The van der Waals surface area contributed by atoms with Crippen molar-refractivity contribution in [3.8, 4) is 5.75 Å². The van der Waals surface area contributed by atoms with Crippen LogP contribution in [0.15, 0.2) is 18.2 Å². The molecule has 0 heterocycles. The molecule has 5 heteroatoms. The lowest BCUT2D eigenvalue weighted by molar-refractivity contribution is -0.385.